The zero-order chi connectivity index (χ0) is 14.5. The van der Waals surface area contributed by atoms with Crippen LogP contribution < -0.4 is 0 Å². The molecule has 0 spiro atoms. The van der Waals surface area contributed by atoms with Crippen LogP contribution in [-0.4, -0.2) is 0 Å². The first kappa shape index (κ1) is 15.1. The van der Waals surface area contributed by atoms with Gasteiger partial charge in [0.25, 0.3) is 0 Å². The maximum atomic E-state index is 6.63. The second-order valence-electron chi connectivity index (χ2n) is 5.63. The molecule has 0 aromatic heterocycles. The smallest absolute Gasteiger partial charge is 0.0835 e. The van der Waals surface area contributed by atoms with Gasteiger partial charge in [0.2, 0.25) is 0 Å². The minimum Gasteiger partial charge on any atom is -0.113 e. The van der Waals surface area contributed by atoms with Crippen molar-refractivity contribution in [2.45, 2.75) is 45.4 Å². The van der Waals surface area contributed by atoms with Crippen molar-refractivity contribution in [2.75, 3.05) is 0 Å². The fraction of sp³-hybridized carbons (Fsp3) is 0.368. The highest BCUT2D eigenvalue weighted by Crippen LogP contribution is 2.30. The SMILES string of the molecule is CCCCc1ccc(C(Cl)c2cc(C)cc(C)c2)cc1. The summed E-state index contributed by atoms with van der Waals surface area (Å²) < 4.78 is 0. The first-order valence-electron chi connectivity index (χ1n) is 7.41. The van der Waals surface area contributed by atoms with Gasteiger partial charge in [0.1, 0.15) is 0 Å². The van der Waals surface area contributed by atoms with Crippen LogP contribution in [0, 0.1) is 13.8 Å². The number of hydrogen-bond acceptors (Lipinski definition) is 0. The van der Waals surface area contributed by atoms with Gasteiger partial charge in [-0.25, -0.2) is 0 Å². The minimum atomic E-state index is -0.0613. The van der Waals surface area contributed by atoms with E-state index in [0.717, 1.165) is 6.42 Å². The first-order valence-corrected chi connectivity index (χ1v) is 7.85. The third-order valence-corrected chi connectivity index (χ3v) is 4.13. The molecular formula is C19H23Cl. The fourth-order valence-electron chi connectivity index (χ4n) is 2.58. The fourth-order valence-corrected chi connectivity index (χ4v) is 2.85. The molecule has 1 heteroatoms. The molecule has 2 aromatic carbocycles. The molecule has 2 aromatic rings. The average molecular weight is 287 g/mol. The Morgan fingerprint density at radius 3 is 2.05 bits per heavy atom. The zero-order valence-corrected chi connectivity index (χ0v) is 13.4. The average Bonchev–Trinajstić information content (AvgIpc) is 2.44. The largest absolute Gasteiger partial charge is 0.113 e. The topological polar surface area (TPSA) is 0 Å². The summed E-state index contributed by atoms with van der Waals surface area (Å²) in [5, 5.41) is -0.0613. The Morgan fingerprint density at radius 2 is 1.50 bits per heavy atom. The van der Waals surface area contributed by atoms with Crippen molar-refractivity contribution in [3.8, 4) is 0 Å². The Morgan fingerprint density at radius 1 is 0.900 bits per heavy atom. The lowest BCUT2D eigenvalue weighted by Crippen LogP contribution is -1.95. The summed E-state index contributed by atoms with van der Waals surface area (Å²) in [6, 6.07) is 15.3. The number of alkyl halides is 1. The number of unbranched alkanes of at least 4 members (excludes halogenated alkanes) is 1. The van der Waals surface area contributed by atoms with Crippen LogP contribution in [0.15, 0.2) is 42.5 Å². The molecule has 0 aliphatic heterocycles. The van der Waals surface area contributed by atoms with Crippen LogP contribution in [0.4, 0.5) is 0 Å². The molecule has 20 heavy (non-hydrogen) atoms. The summed E-state index contributed by atoms with van der Waals surface area (Å²) in [5.74, 6) is 0. The normalized spacial score (nSPS) is 12.4. The Kier molecular flexibility index (Phi) is 5.25. The van der Waals surface area contributed by atoms with Gasteiger partial charge in [0, 0.05) is 0 Å². The maximum absolute atomic E-state index is 6.63. The lowest BCUT2D eigenvalue weighted by molar-refractivity contribution is 0.794. The van der Waals surface area contributed by atoms with E-state index in [9.17, 15) is 0 Å². The summed E-state index contributed by atoms with van der Waals surface area (Å²) in [6.45, 7) is 6.46. The van der Waals surface area contributed by atoms with Gasteiger partial charge >= 0.3 is 0 Å². The Bertz CT molecular complexity index is 534. The van der Waals surface area contributed by atoms with Crippen LogP contribution >= 0.6 is 11.6 Å². The monoisotopic (exact) mass is 286 g/mol. The molecule has 0 saturated carbocycles. The van der Waals surface area contributed by atoms with E-state index in [1.54, 1.807) is 0 Å². The minimum absolute atomic E-state index is 0.0613. The second kappa shape index (κ2) is 6.95. The van der Waals surface area contributed by atoms with Crippen molar-refractivity contribution >= 4 is 11.6 Å². The van der Waals surface area contributed by atoms with E-state index in [4.69, 9.17) is 11.6 Å². The van der Waals surface area contributed by atoms with Gasteiger partial charge in [-0.15, -0.1) is 11.6 Å². The molecule has 0 N–H and O–H groups in total. The molecule has 0 fully saturated rings. The van der Waals surface area contributed by atoms with Crippen molar-refractivity contribution in [3.63, 3.8) is 0 Å². The molecule has 0 radical (unpaired) electrons. The number of benzene rings is 2. The summed E-state index contributed by atoms with van der Waals surface area (Å²) >= 11 is 6.63. The van der Waals surface area contributed by atoms with Gasteiger partial charge in [-0.3, -0.25) is 0 Å². The molecule has 0 heterocycles. The molecule has 0 nitrogen and oxygen atoms in total. The third-order valence-electron chi connectivity index (χ3n) is 3.63. The van der Waals surface area contributed by atoms with Crippen LogP contribution in [0.5, 0.6) is 0 Å². The summed E-state index contributed by atoms with van der Waals surface area (Å²) in [5.41, 5.74) is 6.30. The van der Waals surface area contributed by atoms with Crippen molar-refractivity contribution in [2.24, 2.45) is 0 Å². The first-order chi connectivity index (χ1) is 9.60. The van der Waals surface area contributed by atoms with E-state index >= 15 is 0 Å². The van der Waals surface area contributed by atoms with Gasteiger partial charge in [-0.2, -0.15) is 0 Å². The van der Waals surface area contributed by atoms with Crippen molar-refractivity contribution in [1.29, 1.82) is 0 Å². The van der Waals surface area contributed by atoms with Crippen molar-refractivity contribution in [3.05, 3.63) is 70.3 Å². The highest BCUT2D eigenvalue weighted by molar-refractivity contribution is 6.22. The maximum Gasteiger partial charge on any atom is 0.0835 e. The van der Waals surface area contributed by atoms with Gasteiger partial charge in [-0.05, 0) is 43.4 Å². The van der Waals surface area contributed by atoms with Crippen molar-refractivity contribution < 1.29 is 0 Å². The molecule has 0 bridgehead atoms. The zero-order valence-electron chi connectivity index (χ0n) is 12.6. The second-order valence-corrected chi connectivity index (χ2v) is 6.07. The summed E-state index contributed by atoms with van der Waals surface area (Å²) in [4.78, 5) is 0. The summed E-state index contributed by atoms with van der Waals surface area (Å²) in [7, 11) is 0. The number of rotatable bonds is 5. The van der Waals surface area contributed by atoms with E-state index in [0.29, 0.717) is 0 Å². The molecule has 0 aliphatic rings. The van der Waals surface area contributed by atoms with E-state index in [2.05, 4.69) is 63.2 Å². The Balaban J connectivity index is 2.17. The van der Waals surface area contributed by atoms with E-state index in [-0.39, 0.29) is 5.38 Å². The van der Waals surface area contributed by atoms with E-state index in [1.807, 2.05) is 0 Å². The highest BCUT2D eigenvalue weighted by atomic mass is 35.5. The summed E-state index contributed by atoms with van der Waals surface area (Å²) in [6.07, 6.45) is 3.65. The van der Waals surface area contributed by atoms with Gasteiger partial charge in [0.05, 0.1) is 5.38 Å². The Labute approximate surface area is 127 Å². The van der Waals surface area contributed by atoms with Crippen molar-refractivity contribution in [1.82, 2.24) is 0 Å². The molecular weight excluding hydrogens is 264 g/mol. The lowest BCUT2D eigenvalue weighted by Gasteiger charge is -2.13. The number of aryl methyl sites for hydroxylation is 3. The van der Waals surface area contributed by atoms with Crippen LogP contribution in [0.25, 0.3) is 0 Å². The molecule has 0 amide bonds. The van der Waals surface area contributed by atoms with Crippen LogP contribution in [0.1, 0.15) is 53.0 Å². The molecule has 1 atom stereocenters. The lowest BCUT2D eigenvalue weighted by atomic mass is 9.98. The molecule has 106 valence electrons. The van der Waals surface area contributed by atoms with E-state index < -0.39 is 0 Å². The predicted molar refractivity (Wildman–Crippen MR) is 88.7 cm³/mol. The molecule has 1 unspecified atom stereocenters. The molecule has 2 rings (SSSR count). The number of halogens is 1. The van der Waals surface area contributed by atoms with Crippen LogP contribution in [0.3, 0.4) is 0 Å². The quantitative estimate of drug-likeness (QED) is 0.594. The predicted octanol–water partition coefficient (Wildman–Crippen LogP) is 5.97. The van der Waals surface area contributed by atoms with Gasteiger partial charge in [-0.1, -0.05) is 66.9 Å². The van der Waals surface area contributed by atoms with E-state index in [1.165, 1.54) is 40.7 Å². The van der Waals surface area contributed by atoms with Gasteiger partial charge < -0.3 is 0 Å². The standard InChI is InChI=1S/C19H23Cl/c1-4-5-6-16-7-9-17(10-8-16)19(20)18-12-14(2)11-15(3)13-18/h7-13,19H,4-6H2,1-3H3. The highest BCUT2D eigenvalue weighted by Gasteiger charge is 2.11. The number of hydrogen-bond donors (Lipinski definition) is 0. The molecule has 0 saturated heterocycles. The van der Waals surface area contributed by atoms with Crippen LogP contribution in [0.2, 0.25) is 0 Å². The Hall–Kier alpha value is -1.27. The third kappa shape index (κ3) is 3.86. The van der Waals surface area contributed by atoms with Crippen LogP contribution in [-0.2, 0) is 6.42 Å². The molecule has 0 aliphatic carbocycles. The van der Waals surface area contributed by atoms with Gasteiger partial charge in [0.15, 0.2) is 0 Å².